The Kier molecular flexibility index (Phi) is 4.99. The van der Waals surface area contributed by atoms with E-state index < -0.39 is 11.1 Å². The standard InChI is InChI=1S/C10H7Br2N3O3S2/c1-15-10(13-8(17)9(18)14-15)19-3-5(16)4-2-6(11)20-7(4)12/h2H,3H2,1H3,(H,14,18). The Labute approximate surface area is 137 Å². The summed E-state index contributed by atoms with van der Waals surface area (Å²) < 4.78 is 2.92. The normalized spacial score (nSPS) is 10.8. The molecule has 0 aliphatic rings. The number of aryl methyl sites for hydroxylation is 1. The van der Waals surface area contributed by atoms with Gasteiger partial charge in [0.1, 0.15) is 0 Å². The molecule has 106 valence electrons. The fraction of sp³-hybridized carbons (Fsp3) is 0.200. The summed E-state index contributed by atoms with van der Waals surface area (Å²) in [6.07, 6.45) is 0. The zero-order chi connectivity index (χ0) is 14.9. The van der Waals surface area contributed by atoms with E-state index in [0.717, 1.165) is 19.3 Å². The van der Waals surface area contributed by atoms with Crippen LogP contribution < -0.4 is 11.1 Å². The number of thioether (sulfide) groups is 1. The van der Waals surface area contributed by atoms with Gasteiger partial charge in [-0.3, -0.25) is 24.2 Å². The lowest BCUT2D eigenvalue weighted by atomic mass is 10.2. The third kappa shape index (κ3) is 3.48. The monoisotopic (exact) mass is 439 g/mol. The fourth-order valence-corrected chi connectivity index (χ4v) is 4.99. The quantitative estimate of drug-likeness (QED) is 0.446. The number of hydrogen-bond acceptors (Lipinski definition) is 6. The van der Waals surface area contributed by atoms with Crippen LogP contribution in [0.2, 0.25) is 0 Å². The van der Waals surface area contributed by atoms with Crippen molar-refractivity contribution in [3.05, 3.63) is 39.9 Å². The number of nitrogens with one attached hydrogen (secondary N) is 1. The van der Waals surface area contributed by atoms with Gasteiger partial charge in [0.05, 0.1) is 13.3 Å². The van der Waals surface area contributed by atoms with Gasteiger partial charge in [-0.15, -0.1) is 11.3 Å². The first-order valence-corrected chi connectivity index (χ1v) is 8.55. The lowest BCUT2D eigenvalue weighted by molar-refractivity contribution is 0.102. The number of carbonyl (C=O) groups excluding carboxylic acids is 1. The average Bonchev–Trinajstić information content (AvgIpc) is 2.71. The van der Waals surface area contributed by atoms with E-state index in [1.54, 1.807) is 13.1 Å². The molecule has 6 nitrogen and oxygen atoms in total. The molecule has 0 saturated carbocycles. The van der Waals surface area contributed by atoms with Crippen LogP contribution in [0.5, 0.6) is 0 Å². The highest BCUT2D eigenvalue weighted by molar-refractivity contribution is 9.12. The van der Waals surface area contributed by atoms with Crippen molar-refractivity contribution >= 4 is 60.7 Å². The van der Waals surface area contributed by atoms with E-state index in [2.05, 4.69) is 41.9 Å². The summed E-state index contributed by atoms with van der Waals surface area (Å²) >= 11 is 9.13. The van der Waals surface area contributed by atoms with Crippen LogP contribution in [-0.4, -0.2) is 26.3 Å². The molecule has 2 aromatic rings. The second kappa shape index (κ2) is 6.37. The van der Waals surface area contributed by atoms with Gasteiger partial charge < -0.3 is 0 Å². The number of ketones is 1. The zero-order valence-corrected chi connectivity index (χ0v) is 14.8. The Morgan fingerprint density at radius 2 is 2.20 bits per heavy atom. The molecule has 0 unspecified atom stereocenters. The van der Waals surface area contributed by atoms with E-state index in [1.807, 2.05) is 0 Å². The molecule has 2 aromatic heterocycles. The lowest BCUT2D eigenvalue weighted by Gasteiger charge is -2.04. The molecule has 0 saturated heterocycles. The van der Waals surface area contributed by atoms with E-state index in [0.29, 0.717) is 5.56 Å². The number of H-pyrrole nitrogens is 1. The predicted molar refractivity (Wildman–Crippen MR) is 84.9 cm³/mol. The maximum Gasteiger partial charge on any atom is 0.339 e. The molecule has 0 bridgehead atoms. The summed E-state index contributed by atoms with van der Waals surface area (Å²) in [4.78, 5) is 37.9. The first-order chi connectivity index (χ1) is 9.38. The van der Waals surface area contributed by atoms with E-state index in [4.69, 9.17) is 0 Å². The van der Waals surface area contributed by atoms with Crippen LogP contribution in [0.1, 0.15) is 10.4 Å². The van der Waals surface area contributed by atoms with Crippen LogP contribution in [0, 0.1) is 0 Å². The Balaban J connectivity index is 2.15. The molecule has 0 radical (unpaired) electrons. The molecule has 2 rings (SSSR count). The third-order valence-corrected chi connectivity index (χ3v) is 5.61. The van der Waals surface area contributed by atoms with Gasteiger partial charge in [0, 0.05) is 12.6 Å². The largest absolute Gasteiger partial charge is 0.339 e. The molecule has 0 aliphatic carbocycles. The second-order valence-electron chi connectivity index (χ2n) is 3.65. The van der Waals surface area contributed by atoms with Gasteiger partial charge in [-0.25, -0.2) is 0 Å². The zero-order valence-electron chi connectivity index (χ0n) is 9.98. The Bertz CT molecular complexity index is 781. The highest BCUT2D eigenvalue weighted by Crippen LogP contribution is 2.32. The highest BCUT2D eigenvalue weighted by atomic mass is 79.9. The molecular weight excluding hydrogens is 434 g/mol. The van der Waals surface area contributed by atoms with Crippen molar-refractivity contribution < 1.29 is 4.79 Å². The number of rotatable bonds is 4. The molecule has 0 atom stereocenters. The van der Waals surface area contributed by atoms with Crippen LogP contribution >= 0.6 is 55.0 Å². The minimum absolute atomic E-state index is 0.0933. The maximum absolute atomic E-state index is 12.1. The number of halogens is 2. The van der Waals surface area contributed by atoms with Crippen LogP contribution in [0.25, 0.3) is 0 Å². The Hall–Kier alpha value is -0.710. The van der Waals surface area contributed by atoms with Crippen molar-refractivity contribution in [1.82, 2.24) is 14.8 Å². The van der Waals surface area contributed by atoms with E-state index in [9.17, 15) is 14.4 Å². The minimum atomic E-state index is -0.863. The van der Waals surface area contributed by atoms with Crippen molar-refractivity contribution in [2.45, 2.75) is 5.16 Å². The number of thiophene rings is 1. The smallest absolute Gasteiger partial charge is 0.293 e. The number of nitrogens with zero attached hydrogens (tertiary/aromatic N) is 2. The van der Waals surface area contributed by atoms with Gasteiger partial charge in [-0.2, -0.15) is 4.98 Å². The highest BCUT2D eigenvalue weighted by Gasteiger charge is 2.15. The average molecular weight is 441 g/mol. The maximum atomic E-state index is 12.1. The number of aromatic amines is 1. The van der Waals surface area contributed by atoms with Gasteiger partial charge in [0.15, 0.2) is 10.9 Å². The van der Waals surface area contributed by atoms with Crippen LogP contribution in [0.15, 0.2) is 28.4 Å². The van der Waals surface area contributed by atoms with Gasteiger partial charge >= 0.3 is 11.1 Å². The number of carbonyl (C=O) groups is 1. The predicted octanol–water partition coefficient (Wildman–Crippen LogP) is 2.03. The molecule has 0 spiro atoms. The first kappa shape index (κ1) is 15.7. The van der Waals surface area contributed by atoms with Crippen molar-refractivity contribution in [2.24, 2.45) is 7.05 Å². The van der Waals surface area contributed by atoms with E-state index >= 15 is 0 Å². The van der Waals surface area contributed by atoms with Gasteiger partial charge in [-0.05, 0) is 37.9 Å². The fourth-order valence-electron chi connectivity index (χ4n) is 1.33. The van der Waals surface area contributed by atoms with Gasteiger partial charge in [0.2, 0.25) is 0 Å². The minimum Gasteiger partial charge on any atom is -0.293 e. The summed E-state index contributed by atoms with van der Waals surface area (Å²) in [6.45, 7) is 0. The molecule has 0 fully saturated rings. The van der Waals surface area contributed by atoms with Crippen molar-refractivity contribution in [2.75, 3.05) is 5.75 Å². The Morgan fingerprint density at radius 3 is 2.80 bits per heavy atom. The molecule has 0 aromatic carbocycles. The lowest BCUT2D eigenvalue weighted by Crippen LogP contribution is -2.34. The molecule has 0 aliphatic heterocycles. The number of Topliss-reactive ketones (excluding diaryl/α,β-unsaturated/α-hetero) is 1. The van der Waals surface area contributed by atoms with E-state index in [1.165, 1.54) is 16.0 Å². The number of hydrogen-bond donors (Lipinski definition) is 1. The third-order valence-electron chi connectivity index (χ3n) is 2.24. The number of aromatic nitrogens is 3. The van der Waals surface area contributed by atoms with Crippen LogP contribution in [0.3, 0.4) is 0 Å². The molecule has 0 amide bonds. The van der Waals surface area contributed by atoms with Crippen molar-refractivity contribution in [3.8, 4) is 0 Å². The van der Waals surface area contributed by atoms with Crippen molar-refractivity contribution in [3.63, 3.8) is 0 Å². The molecular formula is C10H7Br2N3O3S2. The van der Waals surface area contributed by atoms with Gasteiger partial charge in [-0.1, -0.05) is 11.8 Å². The summed E-state index contributed by atoms with van der Waals surface area (Å²) in [6, 6.07) is 1.73. The summed E-state index contributed by atoms with van der Waals surface area (Å²) in [7, 11) is 1.55. The summed E-state index contributed by atoms with van der Waals surface area (Å²) in [5.41, 5.74) is -1.08. The summed E-state index contributed by atoms with van der Waals surface area (Å²) in [5, 5.41) is 2.61. The molecule has 20 heavy (non-hydrogen) atoms. The topological polar surface area (TPSA) is 84.8 Å². The van der Waals surface area contributed by atoms with Crippen LogP contribution in [0.4, 0.5) is 0 Å². The Morgan fingerprint density at radius 1 is 1.50 bits per heavy atom. The van der Waals surface area contributed by atoms with E-state index in [-0.39, 0.29) is 16.7 Å². The first-order valence-electron chi connectivity index (χ1n) is 5.16. The SMILES string of the molecule is Cn1[nH]c(=O)c(=O)nc1SCC(=O)c1cc(Br)sc1Br. The summed E-state index contributed by atoms with van der Waals surface area (Å²) in [5.74, 6) is 0.0259. The second-order valence-corrected chi connectivity index (χ2v) is 8.34. The molecule has 10 heteroatoms. The molecule has 2 heterocycles. The van der Waals surface area contributed by atoms with Gasteiger partial charge in [0.25, 0.3) is 0 Å². The van der Waals surface area contributed by atoms with Crippen molar-refractivity contribution in [1.29, 1.82) is 0 Å². The van der Waals surface area contributed by atoms with Crippen LogP contribution in [-0.2, 0) is 7.05 Å². The molecule has 1 N–H and O–H groups in total.